The number of hydrogen-bond donors (Lipinski definition) is 1. The van der Waals surface area contributed by atoms with Crippen LogP contribution in [0.5, 0.6) is 0 Å². The van der Waals surface area contributed by atoms with Crippen LogP contribution in [-0.2, 0) is 19.9 Å². The van der Waals surface area contributed by atoms with Gasteiger partial charge in [0.25, 0.3) is 0 Å². The molecular formula is C16H21Cl2N3. The van der Waals surface area contributed by atoms with Crippen LogP contribution in [0.15, 0.2) is 18.2 Å². The van der Waals surface area contributed by atoms with Crippen molar-refractivity contribution in [3.8, 4) is 0 Å². The van der Waals surface area contributed by atoms with Gasteiger partial charge in [0.05, 0.1) is 16.4 Å². The molecule has 21 heavy (non-hydrogen) atoms. The van der Waals surface area contributed by atoms with Gasteiger partial charge in [0.2, 0.25) is 0 Å². The molecule has 0 aliphatic carbocycles. The smallest absolute Gasteiger partial charge is 0.0850 e. The molecule has 0 bridgehead atoms. The molecule has 1 atom stereocenters. The van der Waals surface area contributed by atoms with Crippen LogP contribution in [0.4, 0.5) is 0 Å². The number of halogens is 2. The summed E-state index contributed by atoms with van der Waals surface area (Å²) in [5, 5.41) is 9.34. The van der Waals surface area contributed by atoms with Crippen molar-refractivity contribution in [1.82, 2.24) is 15.1 Å². The van der Waals surface area contributed by atoms with Crippen LogP contribution >= 0.6 is 23.2 Å². The third-order valence-electron chi connectivity index (χ3n) is 3.78. The number of likely N-dealkylation sites (N-methyl/N-ethyl adjacent to an activating group) is 1. The highest BCUT2D eigenvalue weighted by Crippen LogP contribution is 2.30. The molecule has 0 saturated heterocycles. The van der Waals surface area contributed by atoms with Gasteiger partial charge in [0.15, 0.2) is 0 Å². The Morgan fingerprint density at radius 2 is 2.05 bits per heavy atom. The Balaban J connectivity index is 2.33. The molecule has 1 heterocycles. The molecule has 0 spiro atoms. The summed E-state index contributed by atoms with van der Waals surface area (Å²) in [6, 6.07) is 6.25. The summed E-state index contributed by atoms with van der Waals surface area (Å²) in [7, 11) is 3.87. The summed E-state index contributed by atoms with van der Waals surface area (Å²) in [5.41, 5.74) is 4.22. The first-order valence-electron chi connectivity index (χ1n) is 7.11. The minimum atomic E-state index is 0.107. The van der Waals surface area contributed by atoms with Crippen LogP contribution in [-0.4, -0.2) is 16.8 Å². The Kier molecular flexibility index (Phi) is 5.31. The Morgan fingerprint density at radius 3 is 2.57 bits per heavy atom. The van der Waals surface area contributed by atoms with Crippen molar-refractivity contribution >= 4 is 23.2 Å². The molecule has 0 fully saturated rings. The fourth-order valence-electron chi connectivity index (χ4n) is 2.52. The van der Waals surface area contributed by atoms with Gasteiger partial charge < -0.3 is 5.32 Å². The van der Waals surface area contributed by atoms with Gasteiger partial charge in [-0.15, -0.1) is 0 Å². The second-order valence-corrected chi connectivity index (χ2v) is 6.04. The van der Waals surface area contributed by atoms with E-state index >= 15 is 0 Å². The standard InChI is InChI=1S/C16H21Cl2N3/c1-5-13-16(18)15(21(4)20-13)9-14(19-3)11-7-6-10(2)8-12(11)17/h6-8,14,19H,5,9H2,1-4H3. The van der Waals surface area contributed by atoms with Crippen molar-refractivity contribution in [2.45, 2.75) is 32.7 Å². The summed E-state index contributed by atoms with van der Waals surface area (Å²) < 4.78 is 1.87. The zero-order valence-corrected chi connectivity index (χ0v) is 14.4. The largest absolute Gasteiger partial charge is 0.313 e. The molecule has 3 nitrogen and oxygen atoms in total. The lowest BCUT2D eigenvalue weighted by molar-refractivity contribution is 0.561. The van der Waals surface area contributed by atoms with Crippen LogP contribution in [0, 0.1) is 6.92 Å². The molecule has 0 amide bonds. The van der Waals surface area contributed by atoms with E-state index in [1.54, 1.807) is 0 Å². The van der Waals surface area contributed by atoms with Gasteiger partial charge in [-0.25, -0.2) is 0 Å². The van der Waals surface area contributed by atoms with Crippen molar-refractivity contribution in [2.75, 3.05) is 7.05 Å². The van der Waals surface area contributed by atoms with Gasteiger partial charge in [0.1, 0.15) is 0 Å². The Hall–Kier alpha value is -1.03. The van der Waals surface area contributed by atoms with Gasteiger partial charge in [-0.2, -0.15) is 5.10 Å². The molecule has 0 aliphatic rings. The van der Waals surface area contributed by atoms with E-state index in [-0.39, 0.29) is 6.04 Å². The van der Waals surface area contributed by atoms with Crippen LogP contribution < -0.4 is 5.32 Å². The van der Waals surface area contributed by atoms with Crippen LogP contribution in [0.3, 0.4) is 0 Å². The first-order valence-corrected chi connectivity index (χ1v) is 7.87. The zero-order valence-electron chi connectivity index (χ0n) is 12.9. The fraction of sp³-hybridized carbons (Fsp3) is 0.438. The van der Waals surface area contributed by atoms with Crippen LogP contribution in [0.1, 0.15) is 35.5 Å². The molecule has 1 N–H and O–H groups in total. The average molecular weight is 326 g/mol. The molecule has 1 unspecified atom stereocenters. The lowest BCUT2D eigenvalue weighted by Gasteiger charge is -2.19. The first kappa shape index (κ1) is 16.3. The summed E-state index contributed by atoms with van der Waals surface area (Å²) >= 11 is 12.8. The fourth-order valence-corrected chi connectivity index (χ4v) is 3.25. The zero-order chi connectivity index (χ0) is 15.6. The van der Waals surface area contributed by atoms with E-state index in [0.29, 0.717) is 0 Å². The van der Waals surface area contributed by atoms with Gasteiger partial charge in [0, 0.05) is 24.5 Å². The molecule has 0 aliphatic heterocycles. The maximum atomic E-state index is 6.44. The number of nitrogens with one attached hydrogen (secondary N) is 1. The summed E-state index contributed by atoms with van der Waals surface area (Å²) in [6.07, 6.45) is 1.59. The molecule has 2 aromatic rings. The first-order chi connectivity index (χ1) is 9.97. The molecule has 1 aromatic heterocycles. The number of nitrogens with zero attached hydrogens (tertiary/aromatic N) is 2. The average Bonchev–Trinajstić information content (AvgIpc) is 2.72. The van der Waals surface area contributed by atoms with E-state index in [4.69, 9.17) is 23.2 Å². The third kappa shape index (κ3) is 3.42. The predicted octanol–water partition coefficient (Wildman–Crippen LogP) is 4.10. The molecule has 5 heteroatoms. The third-order valence-corrected chi connectivity index (χ3v) is 4.54. The monoisotopic (exact) mass is 325 g/mol. The highest BCUT2D eigenvalue weighted by Gasteiger charge is 2.20. The molecule has 2 rings (SSSR count). The summed E-state index contributed by atoms with van der Waals surface area (Å²) in [6.45, 7) is 4.10. The normalized spacial score (nSPS) is 12.7. The Bertz CT molecular complexity index is 635. The van der Waals surface area contributed by atoms with E-state index in [2.05, 4.69) is 29.5 Å². The SMILES string of the molecule is CCc1nn(C)c(CC(NC)c2ccc(C)cc2Cl)c1Cl. The maximum absolute atomic E-state index is 6.44. The summed E-state index contributed by atoms with van der Waals surface area (Å²) in [5.74, 6) is 0. The van der Waals surface area contributed by atoms with Crippen molar-refractivity contribution in [2.24, 2.45) is 7.05 Å². The Labute approximate surface area is 136 Å². The second-order valence-electron chi connectivity index (χ2n) is 5.25. The number of aromatic nitrogens is 2. The molecule has 0 saturated carbocycles. The quantitative estimate of drug-likeness (QED) is 0.896. The van der Waals surface area contributed by atoms with Gasteiger partial charge in [-0.3, -0.25) is 4.68 Å². The minimum absolute atomic E-state index is 0.107. The molecule has 114 valence electrons. The van der Waals surface area contributed by atoms with E-state index in [1.807, 2.05) is 31.8 Å². The topological polar surface area (TPSA) is 29.9 Å². The van der Waals surface area contributed by atoms with Gasteiger partial charge in [-0.05, 0) is 37.6 Å². The lowest BCUT2D eigenvalue weighted by atomic mass is 10.0. The highest BCUT2D eigenvalue weighted by molar-refractivity contribution is 6.32. The van der Waals surface area contributed by atoms with E-state index in [0.717, 1.165) is 45.4 Å². The second kappa shape index (κ2) is 6.82. The van der Waals surface area contributed by atoms with E-state index < -0.39 is 0 Å². The minimum Gasteiger partial charge on any atom is -0.313 e. The van der Waals surface area contributed by atoms with E-state index in [1.165, 1.54) is 0 Å². The maximum Gasteiger partial charge on any atom is 0.0850 e. The Morgan fingerprint density at radius 1 is 1.33 bits per heavy atom. The molecule has 0 radical (unpaired) electrons. The lowest BCUT2D eigenvalue weighted by Crippen LogP contribution is -2.20. The van der Waals surface area contributed by atoms with Crippen LogP contribution in [0.25, 0.3) is 0 Å². The number of rotatable bonds is 5. The van der Waals surface area contributed by atoms with Crippen molar-refractivity contribution < 1.29 is 0 Å². The number of benzene rings is 1. The van der Waals surface area contributed by atoms with E-state index in [9.17, 15) is 0 Å². The van der Waals surface area contributed by atoms with Crippen LogP contribution in [0.2, 0.25) is 10.0 Å². The number of aryl methyl sites for hydroxylation is 3. The van der Waals surface area contributed by atoms with Gasteiger partial charge in [-0.1, -0.05) is 42.3 Å². The van der Waals surface area contributed by atoms with Crippen molar-refractivity contribution in [1.29, 1.82) is 0 Å². The predicted molar refractivity (Wildman–Crippen MR) is 89.3 cm³/mol. The van der Waals surface area contributed by atoms with Crippen molar-refractivity contribution in [3.63, 3.8) is 0 Å². The van der Waals surface area contributed by atoms with Gasteiger partial charge >= 0.3 is 0 Å². The highest BCUT2D eigenvalue weighted by atomic mass is 35.5. The summed E-state index contributed by atoms with van der Waals surface area (Å²) in [4.78, 5) is 0. The molecular weight excluding hydrogens is 305 g/mol. The number of hydrogen-bond acceptors (Lipinski definition) is 2. The van der Waals surface area contributed by atoms with Crippen molar-refractivity contribution in [3.05, 3.63) is 50.8 Å². The molecule has 1 aromatic carbocycles.